The van der Waals surface area contributed by atoms with Crippen LogP contribution in [0.2, 0.25) is 0 Å². The molecule has 5 nitrogen and oxygen atoms in total. The third kappa shape index (κ3) is 3.24. The minimum absolute atomic E-state index is 0.270. The third-order valence-electron chi connectivity index (χ3n) is 3.11. The fourth-order valence-electron chi connectivity index (χ4n) is 2.18. The van der Waals surface area contributed by atoms with Gasteiger partial charge in [0.05, 0.1) is 5.69 Å². The summed E-state index contributed by atoms with van der Waals surface area (Å²) in [5, 5.41) is 0. The number of aromatic amines is 1. The predicted octanol–water partition coefficient (Wildman–Crippen LogP) is 2.23. The first-order valence-electron chi connectivity index (χ1n) is 6.78. The topological polar surface area (TPSA) is 64.1 Å². The molecule has 5 heteroatoms. The first kappa shape index (κ1) is 15.1. The Morgan fingerprint density at radius 1 is 1.10 bits per heavy atom. The summed E-state index contributed by atoms with van der Waals surface area (Å²) in [6, 6.07) is 7.38. The highest BCUT2D eigenvalue weighted by molar-refractivity contribution is 5.63. The number of H-pyrrole nitrogens is 1. The second-order valence-electron chi connectivity index (χ2n) is 6.03. The highest BCUT2D eigenvalue weighted by atomic mass is 16.5. The van der Waals surface area contributed by atoms with Crippen molar-refractivity contribution in [1.82, 2.24) is 9.55 Å². The molecule has 0 aliphatic heterocycles. The van der Waals surface area contributed by atoms with Crippen LogP contribution in [0.5, 0.6) is 5.75 Å². The van der Waals surface area contributed by atoms with Gasteiger partial charge in [-0.1, -0.05) is 0 Å². The van der Waals surface area contributed by atoms with Crippen molar-refractivity contribution in [2.24, 2.45) is 7.05 Å². The highest BCUT2D eigenvalue weighted by Gasteiger charge is 2.13. The fraction of sp³-hybridized carbons (Fsp3) is 0.375. The van der Waals surface area contributed by atoms with Gasteiger partial charge >= 0.3 is 5.69 Å². The Labute approximate surface area is 123 Å². The molecule has 2 aromatic rings. The lowest BCUT2D eigenvalue weighted by molar-refractivity contribution is 0.131. The van der Waals surface area contributed by atoms with Gasteiger partial charge in [0.2, 0.25) is 0 Å². The van der Waals surface area contributed by atoms with E-state index in [1.54, 1.807) is 14.0 Å². The molecule has 0 bridgehead atoms. The minimum atomic E-state index is -0.421. The molecule has 0 radical (unpaired) electrons. The molecule has 1 N–H and O–H groups in total. The van der Waals surface area contributed by atoms with Gasteiger partial charge in [-0.2, -0.15) is 0 Å². The van der Waals surface area contributed by atoms with Gasteiger partial charge < -0.3 is 4.74 Å². The quantitative estimate of drug-likeness (QED) is 0.921. The fourth-order valence-corrected chi connectivity index (χ4v) is 2.18. The van der Waals surface area contributed by atoms with Gasteiger partial charge in [-0.25, -0.2) is 4.79 Å². The molecule has 112 valence electrons. The maximum absolute atomic E-state index is 11.7. The average molecular weight is 288 g/mol. The zero-order valence-electron chi connectivity index (χ0n) is 13.0. The van der Waals surface area contributed by atoms with Crippen LogP contribution >= 0.6 is 0 Å². The predicted molar refractivity (Wildman–Crippen MR) is 82.9 cm³/mol. The molecule has 1 aromatic carbocycles. The molecule has 0 saturated heterocycles. The molecule has 0 spiro atoms. The van der Waals surface area contributed by atoms with Crippen molar-refractivity contribution in [2.75, 3.05) is 0 Å². The van der Waals surface area contributed by atoms with E-state index in [9.17, 15) is 9.59 Å². The monoisotopic (exact) mass is 288 g/mol. The smallest absolute Gasteiger partial charge is 0.328 e. The lowest BCUT2D eigenvalue weighted by Crippen LogP contribution is -2.31. The highest BCUT2D eigenvalue weighted by Crippen LogP contribution is 2.24. The van der Waals surface area contributed by atoms with E-state index < -0.39 is 5.69 Å². The minimum Gasteiger partial charge on any atom is -0.488 e. The Morgan fingerprint density at radius 2 is 1.67 bits per heavy atom. The summed E-state index contributed by atoms with van der Waals surface area (Å²) in [5.41, 5.74) is 0.889. The van der Waals surface area contributed by atoms with Crippen molar-refractivity contribution >= 4 is 0 Å². The van der Waals surface area contributed by atoms with Crippen LogP contribution in [-0.4, -0.2) is 15.2 Å². The molecule has 0 fully saturated rings. The molecule has 0 aliphatic rings. The lowest BCUT2D eigenvalue weighted by Gasteiger charge is -2.21. The van der Waals surface area contributed by atoms with Crippen molar-refractivity contribution in [1.29, 1.82) is 0 Å². The average Bonchev–Trinajstić information content (AvgIpc) is 2.37. The first-order chi connectivity index (χ1) is 9.69. The Kier molecular flexibility index (Phi) is 3.77. The van der Waals surface area contributed by atoms with Crippen molar-refractivity contribution in [2.45, 2.75) is 33.3 Å². The largest absolute Gasteiger partial charge is 0.488 e. The summed E-state index contributed by atoms with van der Waals surface area (Å²) in [6.45, 7) is 7.63. The SMILES string of the molecule is Cc1c(-c2ccc(OC(C)(C)C)cc2)n(C)c(=O)[nH]c1=O. The number of nitrogens with zero attached hydrogens (tertiary/aromatic N) is 1. The first-order valence-corrected chi connectivity index (χ1v) is 6.78. The summed E-state index contributed by atoms with van der Waals surface area (Å²) < 4.78 is 7.20. The van der Waals surface area contributed by atoms with Crippen LogP contribution in [0.25, 0.3) is 11.3 Å². The van der Waals surface area contributed by atoms with Crippen molar-refractivity contribution in [3.63, 3.8) is 0 Å². The van der Waals surface area contributed by atoms with Gasteiger partial charge in [-0.3, -0.25) is 14.3 Å². The van der Waals surface area contributed by atoms with E-state index in [-0.39, 0.29) is 11.2 Å². The van der Waals surface area contributed by atoms with Crippen LogP contribution in [0, 0.1) is 6.92 Å². The number of nitrogens with one attached hydrogen (secondary N) is 1. The maximum atomic E-state index is 11.7. The molecule has 0 aliphatic carbocycles. The van der Waals surface area contributed by atoms with E-state index in [0.29, 0.717) is 11.3 Å². The van der Waals surface area contributed by atoms with Gasteiger partial charge in [0.1, 0.15) is 11.4 Å². The molecule has 21 heavy (non-hydrogen) atoms. The molecule has 1 heterocycles. The number of ether oxygens (including phenoxy) is 1. The van der Waals surface area contributed by atoms with Gasteiger partial charge in [-0.05, 0) is 57.5 Å². The molecule has 0 amide bonds. The number of hydrogen-bond donors (Lipinski definition) is 1. The Hall–Kier alpha value is -2.30. The maximum Gasteiger partial charge on any atom is 0.328 e. The Morgan fingerprint density at radius 3 is 2.19 bits per heavy atom. The zero-order valence-corrected chi connectivity index (χ0v) is 13.0. The van der Waals surface area contributed by atoms with E-state index in [1.807, 2.05) is 45.0 Å². The normalized spacial score (nSPS) is 11.5. The van der Waals surface area contributed by atoms with Gasteiger partial charge in [0.25, 0.3) is 5.56 Å². The van der Waals surface area contributed by atoms with Gasteiger partial charge in [0.15, 0.2) is 0 Å². The van der Waals surface area contributed by atoms with E-state index >= 15 is 0 Å². The second-order valence-corrected chi connectivity index (χ2v) is 6.03. The number of aromatic nitrogens is 2. The van der Waals surface area contributed by atoms with Crippen LogP contribution in [0.15, 0.2) is 33.9 Å². The number of rotatable bonds is 2. The van der Waals surface area contributed by atoms with E-state index in [1.165, 1.54) is 4.57 Å². The van der Waals surface area contributed by atoms with Gasteiger partial charge in [-0.15, -0.1) is 0 Å². The molecule has 0 saturated carbocycles. The molecular weight excluding hydrogens is 268 g/mol. The van der Waals surface area contributed by atoms with Crippen molar-refractivity contribution in [3.8, 4) is 17.0 Å². The van der Waals surface area contributed by atoms with Crippen LogP contribution in [-0.2, 0) is 7.05 Å². The van der Waals surface area contributed by atoms with E-state index in [0.717, 1.165) is 11.3 Å². The molecule has 0 unspecified atom stereocenters. The van der Waals surface area contributed by atoms with Crippen LogP contribution in [0.3, 0.4) is 0 Å². The number of hydrogen-bond acceptors (Lipinski definition) is 3. The molecular formula is C16H20N2O3. The summed E-state index contributed by atoms with van der Waals surface area (Å²) in [6.07, 6.45) is 0. The third-order valence-corrected chi connectivity index (χ3v) is 3.11. The Bertz CT molecular complexity index is 728. The van der Waals surface area contributed by atoms with Crippen molar-refractivity contribution < 1.29 is 4.74 Å². The van der Waals surface area contributed by atoms with E-state index in [2.05, 4.69) is 4.98 Å². The zero-order chi connectivity index (χ0) is 15.8. The second kappa shape index (κ2) is 5.24. The van der Waals surface area contributed by atoms with Crippen LogP contribution < -0.4 is 16.0 Å². The summed E-state index contributed by atoms with van der Waals surface area (Å²) in [5.74, 6) is 0.749. The molecule has 1 aromatic heterocycles. The summed E-state index contributed by atoms with van der Waals surface area (Å²) >= 11 is 0. The molecule has 2 rings (SSSR count). The van der Waals surface area contributed by atoms with E-state index in [4.69, 9.17) is 4.74 Å². The lowest BCUT2D eigenvalue weighted by atomic mass is 10.1. The summed E-state index contributed by atoms with van der Waals surface area (Å²) in [4.78, 5) is 25.8. The Balaban J connectivity index is 2.50. The standard InChI is InChI=1S/C16H20N2O3/c1-10-13(18(5)15(20)17-14(10)19)11-6-8-12(9-7-11)21-16(2,3)4/h6-9H,1-5H3,(H,17,19,20). The summed E-state index contributed by atoms with van der Waals surface area (Å²) in [7, 11) is 1.64. The number of benzene rings is 1. The van der Waals surface area contributed by atoms with Gasteiger partial charge in [0, 0.05) is 12.6 Å². The van der Waals surface area contributed by atoms with Crippen LogP contribution in [0.1, 0.15) is 26.3 Å². The van der Waals surface area contributed by atoms with Crippen molar-refractivity contribution in [3.05, 3.63) is 50.7 Å². The van der Waals surface area contributed by atoms with Crippen LogP contribution in [0.4, 0.5) is 0 Å². The molecule has 0 atom stereocenters.